The Morgan fingerprint density at radius 1 is 1.30 bits per heavy atom. The van der Waals surface area contributed by atoms with Crippen LogP contribution in [-0.2, 0) is 4.74 Å². The van der Waals surface area contributed by atoms with E-state index in [0.29, 0.717) is 37.6 Å². The van der Waals surface area contributed by atoms with E-state index in [-0.39, 0.29) is 0 Å². The van der Waals surface area contributed by atoms with Crippen LogP contribution in [0.3, 0.4) is 0 Å². The molecular formula is C15H17ClN2O2. The third-order valence-corrected chi connectivity index (χ3v) is 3.97. The molecule has 106 valence electrons. The highest BCUT2D eigenvalue weighted by molar-refractivity contribution is 6.31. The molecule has 0 radical (unpaired) electrons. The summed E-state index contributed by atoms with van der Waals surface area (Å²) < 4.78 is 5.29. The number of halogens is 1. The van der Waals surface area contributed by atoms with E-state index in [0.717, 1.165) is 16.6 Å². The van der Waals surface area contributed by atoms with Gasteiger partial charge in [0, 0.05) is 54.9 Å². The summed E-state index contributed by atoms with van der Waals surface area (Å²) in [5.74, 6) is 0. The number of aromatic nitrogens is 1. The normalized spacial score (nSPS) is 18.1. The fraction of sp³-hybridized carbons (Fsp3) is 0.400. The van der Waals surface area contributed by atoms with Crippen molar-refractivity contribution in [2.24, 2.45) is 0 Å². The van der Waals surface area contributed by atoms with E-state index in [1.807, 2.05) is 24.3 Å². The van der Waals surface area contributed by atoms with E-state index in [1.54, 1.807) is 6.20 Å². The van der Waals surface area contributed by atoms with E-state index in [4.69, 9.17) is 16.3 Å². The predicted molar refractivity (Wildman–Crippen MR) is 80.2 cm³/mol. The molecule has 0 unspecified atom stereocenters. The third-order valence-electron chi connectivity index (χ3n) is 3.74. The molecule has 2 aromatic rings. The van der Waals surface area contributed by atoms with E-state index in [9.17, 15) is 5.11 Å². The van der Waals surface area contributed by atoms with Crippen LogP contribution < -0.4 is 5.32 Å². The molecule has 2 heterocycles. The lowest BCUT2D eigenvalue weighted by Gasteiger charge is -2.32. The highest BCUT2D eigenvalue weighted by Gasteiger charge is 2.29. The molecule has 1 aliphatic heterocycles. The van der Waals surface area contributed by atoms with Crippen molar-refractivity contribution in [1.29, 1.82) is 0 Å². The molecule has 20 heavy (non-hydrogen) atoms. The molecule has 1 aromatic carbocycles. The van der Waals surface area contributed by atoms with Gasteiger partial charge in [-0.3, -0.25) is 4.98 Å². The zero-order chi connectivity index (χ0) is 14.0. The first-order valence-corrected chi connectivity index (χ1v) is 7.12. The van der Waals surface area contributed by atoms with Crippen molar-refractivity contribution in [1.82, 2.24) is 4.98 Å². The minimum Gasteiger partial charge on any atom is -0.388 e. The van der Waals surface area contributed by atoms with E-state index >= 15 is 0 Å². The van der Waals surface area contributed by atoms with Gasteiger partial charge in [-0.15, -0.1) is 0 Å². The lowest BCUT2D eigenvalue weighted by atomic mass is 9.94. The second kappa shape index (κ2) is 5.56. The first-order valence-electron chi connectivity index (χ1n) is 6.75. The first-order chi connectivity index (χ1) is 9.66. The molecular weight excluding hydrogens is 276 g/mol. The number of aliphatic hydroxyl groups is 1. The maximum atomic E-state index is 10.5. The van der Waals surface area contributed by atoms with Gasteiger partial charge in [0.1, 0.15) is 0 Å². The van der Waals surface area contributed by atoms with Gasteiger partial charge in [0.15, 0.2) is 0 Å². The fourth-order valence-electron chi connectivity index (χ4n) is 2.46. The highest BCUT2D eigenvalue weighted by atomic mass is 35.5. The van der Waals surface area contributed by atoms with Crippen LogP contribution in [0.1, 0.15) is 12.8 Å². The maximum Gasteiger partial charge on any atom is 0.0863 e. The molecule has 0 spiro atoms. The van der Waals surface area contributed by atoms with Crippen LogP contribution in [-0.4, -0.2) is 35.5 Å². The lowest BCUT2D eigenvalue weighted by Crippen LogP contribution is -2.42. The topological polar surface area (TPSA) is 54.4 Å². The molecule has 1 saturated heterocycles. The second-order valence-electron chi connectivity index (χ2n) is 5.21. The Labute approximate surface area is 122 Å². The van der Waals surface area contributed by atoms with Crippen LogP contribution >= 0.6 is 11.6 Å². The number of pyridine rings is 1. The largest absolute Gasteiger partial charge is 0.388 e. The van der Waals surface area contributed by atoms with Crippen LogP contribution in [0.5, 0.6) is 0 Å². The quantitative estimate of drug-likeness (QED) is 0.913. The van der Waals surface area contributed by atoms with Gasteiger partial charge in [-0.1, -0.05) is 11.6 Å². The highest BCUT2D eigenvalue weighted by Crippen LogP contribution is 2.27. The molecule has 0 saturated carbocycles. The van der Waals surface area contributed by atoms with E-state index < -0.39 is 5.60 Å². The zero-order valence-corrected chi connectivity index (χ0v) is 11.9. The summed E-state index contributed by atoms with van der Waals surface area (Å²) in [7, 11) is 0. The smallest absolute Gasteiger partial charge is 0.0863 e. The summed E-state index contributed by atoms with van der Waals surface area (Å²) in [5.41, 5.74) is 1.13. The zero-order valence-electron chi connectivity index (χ0n) is 11.1. The molecule has 0 aliphatic carbocycles. The first kappa shape index (κ1) is 13.6. The summed E-state index contributed by atoms with van der Waals surface area (Å²) >= 11 is 6.05. The molecule has 0 atom stereocenters. The van der Waals surface area contributed by atoms with Crippen LogP contribution in [0.2, 0.25) is 5.02 Å². The number of hydrogen-bond acceptors (Lipinski definition) is 4. The molecule has 4 nitrogen and oxygen atoms in total. The summed E-state index contributed by atoms with van der Waals surface area (Å²) in [6.45, 7) is 1.73. The number of hydrogen-bond donors (Lipinski definition) is 2. The number of nitrogens with zero attached hydrogens (tertiary/aromatic N) is 1. The molecule has 2 N–H and O–H groups in total. The number of ether oxygens (including phenoxy) is 1. The van der Waals surface area contributed by atoms with Crippen molar-refractivity contribution < 1.29 is 9.84 Å². The van der Waals surface area contributed by atoms with E-state index in [2.05, 4.69) is 10.3 Å². The van der Waals surface area contributed by atoms with Crippen molar-refractivity contribution >= 4 is 28.2 Å². The second-order valence-corrected chi connectivity index (χ2v) is 5.65. The molecule has 0 bridgehead atoms. The summed E-state index contributed by atoms with van der Waals surface area (Å²) in [6.07, 6.45) is 3.07. The van der Waals surface area contributed by atoms with Crippen LogP contribution in [0.25, 0.3) is 10.9 Å². The summed E-state index contributed by atoms with van der Waals surface area (Å²) in [4.78, 5) is 4.31. The number of nitrogens with one attached hydrogen (secondary N) is 1. The predicted octanol–water partition coefficient (Wildman–Crippen LogP) is 2.84. The fourth-order valence-corrected chi connectivity index (χ4v) is 2.63. The molecule has 1 aliphatic rings. The van der Waals surface area contributed by atoms with E-state index in [1.165, 1.54) is 0 Å². The lowest BCUT2D eigenvalue weighted by molar-refractivity contribution is -0.0543. The minimum absolute atomic E-state index is 0.502. The molecule has 1 aromatic heterocycles. The monoisotopic (exact) mass is 292 g/mol. The standard InChI is InChI=1S/C15H17ClN2O2/c16-11-1-2-13-12(9-11)14(3-6-17-13)18-10-15(19)4-7-20-8-5-15/h1-3,6,9,19H,4-5,7-8,10H2,(H,17,18). The van der Waals surface area contributed by atoms with Gasteiger partial charge in [0.2, 0.25) is 0 Å². The van der Waals surface area contributed by atoms with Gasteiger partial charge in [0.05, 0.1) is 11.1 Å². The number of rotatable bonds is 3. The SMILES string of the molecule is OC1(CNc2ccnc3ccc(Cl)cc23)CCOCC1. The third kappa shape index (κ3) is 2.87. The number of anilines is 1. The van der Waals surface area contributed by atoms with Crippen molar-refractivity contribution in [3.8, 4) is 0 Å². The van der Waals surface area contributed by atoms with Gasteiger partial charge < -0.3 is 15.2 Å². The Hall–Kier alpha value is -1.36. The number of fused-ring (bicyclic) bond motifs is 1. The summed E-state index contributed by atoms with van der Waals surface area (Å²) in [6, 6.07) is 7.51. The average Bonchev–Trinajstić information content (AvgIpc) is 2.46. The Balaban J connectivity index is 1.82. The van der Waals surface area contributed by atoms with Crippen LogP contribution in [0.15, 0.2) is 30.5 Å². The van der Waals surface area contributed by atoms with Gasteiger partial charge in [-0.2, -0.15) is 0 Å². The van der Waals surface area contributed by atoms with Crippen molar-refractivity contribution in [2.75, 3.05) is 25.1 Å². The van der Waals surface area contributed by atoms with Gasteiger partial charge in [0.25, 0.3) is 0 Å². The maximum absolute atomic E-state index is 10.5. The van der Waals surface area contributed by atoms with Crippen molar-refractivity contribution in [3.05, 3.63) is 35.5 Å². The van der Waals surface area contributed by atoms with Crippen LogP contribution in [0, 0.1) is 0 Å². The molecule has 1 fully saturated rings. The van der Waals surface area contributed by atoms with Gasteiger partial charge in [-0.05, 0) is 24.3 Å². The Kier molecular flexibility index (Phi) is 3.78. The molecule has 0 amide bonds. The van der Waals surface area contributed by atoms with Gasteiger partial charge in [-0.25, -0.2) is 0 Å². The van der Waals surface area contributed by atoms with Crippen molar-refractivity contribution in [3.63, 3.8) is 0 Å². The molecule has 3 rings (SSSR count). The minimum atomic E-state index is -0.702. The van der Waals surface area contributed by atoms with Gasteiger partial charge >= 0.3 is 0 Å². The molecule has 5 heteroatoms. The summed E-state index contributed by atoms with van der Waals surface area (Å²) in [5, 5.41) is 15.4. The van der Waals surface area contributed by atoms with Crippen molar-refractivity contribution in [2.45, 2.75) is 18.4 Å². The number of benzene rings is 1. The van der Waals surface area contributed by atoms with Crippen LogP contribution in [0.4, 0.5) is 5.69 Å². The Bertz CT molecular complexity index is 612. The average molecular weight is 293 g/mol. The Morgan fingerprint density at radius 3 is 2.90 bits per heavy atom. The Morgan fingerprint density at radius 2 is 2.10 bits per heavy atom.